The normalized spacial score (nSPS) is 11.8. The summed E-state index contributed by atoms with van der Waals surface area (Å²) in [6.07, 6.45) is 4.32. The standard InChI is InChI=1S/C10H11NS2/c1-11-4-2-3-9-5-8-6-12-7-10(8)13-9/h2-3,5-7,11H,4H2,1H3/b3-2+. The molecule has 0 aliphatic rings. The van der Waals surface area contributed by atoms with Gasteiger partial charge in [-0.05, 0) is 24.6 Å². The fourth-order valence-corrected chi connectivity index (χ4v) is 3.11. The van der Waals surface area contributed by atoms with E-state index in [0.29, 0.717) is 0 Å². The van der Waals surface area contributed by atoms with Crippen molar-refractivity contribution in [3.05, 3.63) is 27.8 Å². The van der Waals surface area contributed by atoms with E-state index in [0.717, 1.165) is 6.54 Å². The first-order valence-electron chi connectivity index (χ1n) is 4.17. The van der Waals surface area contributed by atoms with Crippen LogP contribution in [0.3, 0.4) is 0 Å². The monoisotopic (exact) mass is 209 g/mol. The fraction of sp³-hybridized carbons (Fsp3) is 0.200. The zero-order chi connectivity index (χ0) is 9.10. The Kier molecular flexibility index (Phi) is 2.78. The zero-order valence-corrected chi connectivity index (χ0v) is 9.04. The maximum Gasteiger partial charge on any atom is 0.0456 e. The molecule has 2 aromatic rings. The van der Waals surface area contributed by atoms with Crippen molar-refractivity contribution in [2.45, 2.75) is 0 Å². The molecule has 0 radical (unpaired) electrons. The Bertz CT molecular complexity index is 383. The van der Waals surface area contributed by atoms with E-state index in [1.165, 1.54) is 15.0 Å². The largest absolute Gasteiger partial charge is 0.316 e. The molecule has 68 valence electrons. The molecule has 0 aromatic carbocycles. The Balaban J connectivity index is 2.20. The van der Waals surface area contributed by atoms with Crippen LogP contribution in [0.25, 0.3) is 16.2 Å². The number of nitrogens with one attached hydrogen (secondary N) is 1. The zero-order valence-electron chi connectivity index (χ0n) is 7.41. The Labute approximate surface area is 85.7 Å². The van der Waals surface area contributed by atoms with Crippen LogP contribution < -0.4 is 5.32 Å². The Morgan fingerprint density at radius 2 is 2.38 bits per heavy atom. The third-order valence-electron chi connectivity index (χ3n) is 1.78. The van der Waals surface area contributed by atoms with Gasteiger partial charge in [-0.2, -0.15) is 11.3 Å². The SMILES string of the molecule is CNC/C=C/c1cc2cscc2s1. The molecule has 2 aromatic heterocycles. The van der Waals surface area contributed by atoms with Gasteiger partial charge < -0.3 is 5.32 Å². The first-order chi connectivity index (χ1) is 6.40. The van der Waals surface area contributed by atoms with Crippen LogP contribution in [0.4, 0.5) is 0 Å². The van der Waals surface area contributed by atoms with Crippen molar-refractivity contribution in [2.75, 3.05) is 13.6 Å². The molecule has 1 nitrogen and oxygen atoms in total. The molecule has 0 atom stereocenters. The molecule has 0 saturated carbocycles. The second-order valence-corrected chi connectivity index (χ2v) is 4.66. The minimum atomic E-state index is 0.935. The molecular formula is C10H11NS2. The molecular weight excluding hydrogens is 198 g/mol. The van der Waals surface area contributed by atoms with Crippen LogP contribution in [0, 0.1) is 0 Å². The molecule has 2 rings (SSSR count). The summed E-state index contributed by atoms with van der Waals surface area (Å²) >= 11 is 3.62. The van der Waals surface area contributed by atoms with Gasteiger partial charge >= 0.3 is 0 Å². The molecule has 1 N–H and O–H groups in total. The lowest BCUT2D eigenvalue weighted by Gasteiger charge is -1.86. The number of rotatable bonds is 3. The summed E-state index contributed by atoms with van der Waals surface area (Å²) < 4.78 is 1.40. The van der Waals surface area contributed by atoms with Gasteiger partial charge in [0, 0.05) is 26.9 Å². The molecule has 0 unspecified atom stereocenters. The Morgan fingerprint density at radius 1 is 1.46 bits per heavy atom. The summed E-state index contributed by atoms with van der Waals surface area (Å²) in [5.74, 6) is 0. The number of thiophene rings is 2. The summed E-state index contributed by atoms with van der Waals surface area (Å²) in [5, 5.41) is 8.86. The second-order valence-electron chi connectivity index (χ2n) is 2.80. The summed E-state index contributed by atoms with van der Waals surface area (Å²) in [7, 11) is 1.96. The quantitative estimate of drug-likeness (QED) is 0.818. The molecule has 0 aliphatic heterocycles. The average Bonchev–Trinajstić information content (AvgIpc) is 2.64. The van der Waals surface area contributed by atoms with Crippen LogP contribution in [-0.2, 0) is 0 Å². The number of likely N-dealkylation sites (N-methyl/N-ethyl adjacent to an activating group) is 1. The highest BCUT2D eigenvalue weighted by Gasteiger charge is 1.98. The van der Waals surface area contributed by atoms with Crippen LogP contribution in [-0.4, -0.2) is 13.6 Å². The Morgan fingerprint density at radius 3 is 3.15 bits per heavy atom. The molecule has 0 aliphatic carbocycles. The first-order valence-corrected chi connectivity index (χ1v) is 5.93. The number of hydrogen-bond donors (Lipinski definition) is 1. The van der Waals surface area contributed by atoms with E-state index in [9.17, 15) is 0 Å². The Hall–Kier alpha value is -0.640. The first kappa shape index (κ1) is 8.94. The van der Waals surface area contributed by atoms with Gasteiger partial charge in [0.25, 0.3) is 0 Å². The summed E-state index contributed by atoms with van der Waals surface area (Å²) in [6, 6.07) is 2.24. The molecule has 0 fully saturated rings. The van der Waals surface area contributed by atoms with E-state index < -0.39 is 0 Å². The van der Waals surface area contributed by atoms with Crippen LogP contribution >= 0.6 is 22.7 Å². The van der Waals surface area contributed by atoms with E-state index in [4.69, 9.17) is 0 Å². The van der Waals surface area contributed by atoms with Gasteiger partial charge in [-0.25, -0.2) is 0 Å². The minimum absolute atomic E-state index is 0.935. The lowest BCUT2D eigenvalue weighted by molar-refractivity contribution is 0.922. The molecule has 3 heteroatoms. The summed E-state index contributed by atoms with van der Waals surface area (Å²) in [4.78, 5) is 1.34. The van der Waals surface area contributed by atoms with E-state index in [-0.39, 0.29) is 0 Å². The fourth-order valence-electron chi connectivity index (χ4n) is 1.17. The van der Waals surface area contributed by atoms with Crippen molar-refractivity contribution in [3.8, 4) is 0 Å². The highest BCUT2D eigenvalue weighted by Crippen LogP contribution is 2.29. The predicted molar refractivity (Wildman–Crippen MR) is 62.7 cm³/mol. The highest BCUT2D eigenvalue weighted by molar-refractivity contribution is 7.23. The average molecular weight is 209 g/mol. The van der Waals surface area contributed by atoms with Crippen molar-refractivity contribution >= 4 is 38.8 Å². The van der Waals surface area contributed by atoms with Gasteiger partial charge in [0.2, 0.25) is 0 Å². The van der Waals surface area contributed by atoms with Gasteiger partial charge in [0.1, 0.15) is 0 Å². The second kappa shape index (κ2) is 4.05. The van der Waals surface area contributed by atoms with E-state index in [1.54, 1.807) is 11.3 Å². The predicted octanol–water partition coefficient (Wildman–Crippen LogP) is 3.20. The van der Waals surface area contributed by atoms with Crippen molar-refractivity contribution < 1.29 is 0 Å². The maximum atomic E-state index is 3.09. The summed E-state index contributed by atoms with van der Waals surface area (Å²) in [6.45, 7) is 0.935. The van der Waals surface area contributed by atoms with Crippen molar-refractivity contribution in [1.82, 2.24) is 5.32 Å². The van der Waals surface area contributed by atoms with Crippen LogP contribution in [0.2, 0.25) is 0 Å². The van der Waals surface area contributed by atoms with Gasteiger partial charge in [0.15, 0.2) is 0 Å². The van der Waals surface area contributed by atoms with E-state index in [2.05, 4.69) is 34.3 Å². The maximum absolute atomic E-state index is 3.09. The van der Waals surface area contributed by atoms with Crippen molar-refractivity contribution in [3.63, 3.8) is 0 Å². The molecule has 0 saturated heterocycles. The minimum Gasteiger partial charge on any atom is -0.316 e. The highest BCUT2D eigenvalue weighted by atomic mass is 32.1. The van der Waals surface area contributed by atoms with Gasteiger partial charge in [-0.15, -0.1) is 11.3 Å². The molecule has 0 spiro atoms. The van der Waals surface area contributed by atoms with Gasteiger partial charge in [-0.1, -0.05) is 6.08 Å². The van der Waals surface area contributed by atoms with E-state index >= 15 is 0 Å². The molecule has 0 amide bonds. The lowest BCUT2D eigenvalue weighted by Crippen LogP contribution is -2.03. The molecule has 0 bridgehead atoms. The van der Waals surface area contributed by atoms with Gasteiger partial charge in [0.05, 0.1) is 0 Å². The number of hydrogen-bond acceptors (Lipinski definition) is 3. The molecule has 13 heavy (non-hydrogen) atoms. The van der Waals surface area contributed by atoms with Crippen LogP contribution in [0.15, 0.2) is 22.9 Å². The third-order valence-corrected chi connectivity index (χ3v) is 3.76. The summed E-state index contributed by atoms with van der Waals surface area (Å²) in [5.41, 5.74) is 0. The van der Waals surface area contributed by atoms with Crippen molar-refractivity contribution in [1.29, 1.82) is 0 Å². The van der Waals surface area contributed by atoms with Crippen LogP contribution in [0.5, 0.6) is 0 Å². The van der Waals surface area contributed by atoms with E-state index in [1.807, 2.05) is 18.4 Å². The third kappa shape index (κ3) is 1.99. The molecule has 2 heterocycles. The topological polar surface area (TPSA) is 12.0 Å². The van der Waals surface area contributed by atoms with Crippen LogP contribution in [0.1, 0.15) is 4.88 Å². The van der Waals surface area contributed by atoms with Crippen molar-refractivity contribution in [2.24, 2.45) is 0 Å². The smallest absolute Gasteiger partial charge is 0.0456 e. The lowest BCUT2D eigenvalue weighted by atomic mass is 10.3. The number of fused-ring (bicyclic) bond motifs is 1. The van der Waals surface area contributed by atoms with Gasteiger partial charge in [-0.3, -0.25) is 0 Å².